The highest BCUT2D eigenvalue weighted by molar-refractivity contribution is 6.02. The zero-order valence-electron chi connectivity index (χ0n) is 18.6. The minimum absolute atomic E-state index is 0.528. The molecule has 0 radical (unpaired) electrons. The molecule has 1 aliphatic heterocycles. The van der Waals surface area contributed by atoms with Gasteiger partial charge in [-0.15, -0.1) is 0 Å². The fraction of sp³-hybridized carbons (Fsp3) is 0.240. The van der Waals surface area contributed by atoms with E-state index < -0.39 is 24.5 Å². The van der Waals surface area contributed by atoms with E-state index >= 15 is 0 Å². The van der Waals surface area contributed by atoms with Crippen LogP contribution in [0.3, 0.4) is 0 Å². The van der Waals surface area contributed by atoms with Crippen molar-refractivity contribution in [1.29, 1.82) is 5.26 Å². The second-order valence-corrected chi connectivity index (χ2v) is 8.13. The number of aromatic nitrogens is 3. The van der Waals surface area contributed by atoms with Gasteiger partial charge in [0.05, 0.1) is 30.2 Å². The van der Waals surface area contributed by atoms with E-state index in [1.165, 1.54) is 6.33 Å². The Morgan fingerprint density at radius 1 is 1.06 bits per heavy atom. The van der Waals surface area contributed by atoms with Gasteiger partial charge in [0.1, 0.15) is 35.7 Å². The molecule has 0 saturated carbocycles. The number of nitrogens with one attached hydrogen (secondary N) is 1. The van der Waals surface area contributed by atoms with E-state index in [0.29, 0.717) is 17.0 Å². The van der Waals surface area contributed by atoms with E-state index in [2.05, 4.69) is 21.4 Å². The van der Waals surface area contributed by atoms with Crippen LogP contribution in [0.25, 0.3) is 22.2 Å². The molecule has 1 fully saturated rings. The van der Waals surface area contributed by atoms with Crippen LogP contribution in [0, 0.1) is 11.3 Å². The number of aliphatic hydroxyl groups excluding tert-OH is 2. The van der Waals surface area contributed by atoms with Gasteiger partial charge >= 0.3 is 0 Å². The molecular weight excluding hydrogens is 434 g/mol. The molecule has 0 bridgehead atoms. The fourth-order valence-electron chi connectivity index (χ4n) is 4.19. The van der Waals surface area contributed by atoms with Crippen molar-refractivity contribution >= 4 is 22.5 Å². The number of nitriles is 1. The predicted molar refractivity (Wildman–Crippen MR) is 126 cm³/mol. The molecule has 0 spiro atoms. The molecule has 3 N–H and O–H groups in total. The van der Waals surface area contributed by atoms with Crippen molar-refractivity contribution in [3.05, 3.63) is 66.6 Å². The Labute approximate surface area is 195 Å². The number of aliphatic hydroxyl groups is 2. The minimum Gasteiger partial charge on any atom is -0.497 e. The number of benzene rings is 2. The van der Waals surface area contributed by atoms with Crippen LogP contribution in [0.4, 0.5) is 11.5 Å². The first-order valence-corrected chi connectivity index (χ1v) is 10.8. The second-order valence-electron chi connectivity index (χ2n) is 8.13. The first-order valence-electron chi connectivity index (χ1n) is 10.8. The zero-order chi connectivity index (χ0) is 23.8. The zero-order valence-corrected chi connectivity index (χ0v) is 18.6. The summed E-state index contributed by atoms with van der Waals surface area (Å²) < 4.78 is 12.9. The lowest BCUT2D eigenvalue weighted by Crippen LogP contribution is -2.30. The Balaban J connectivity index is 1.67. The number of ether oxygens (including phenoxy) is 2. The molecule has 4 atom stereocenters. The molecule has 34 heavy (non-hydrogen) atoms. The minimum atomic E-state index is -1.11. The average Bonchev–Trinajstić information content (AvgIpc) is 3.38. The molecule has 0 amide bonds. The maximum absolute atomic E-state index is 10.6. The number of methoxy groups -OCH3 is 1. The molecular formula is C25H23N5O4. The van der Waals surface area contributed by atoms with Gasteiger partial charge in [-0.05, 0) is 48.9 Å². The van der Waals surface area contributed by atoms with Crippen LogP contribution in [0.2, 0.25) is 0 Å². The summed E-state index contributed by atoms with van der Waals surface area (Å²) in [6, 6.07) is 16.8. The summed E-state index contributed by atoms with van der Waals surface area (Å²) in [6.07, 6.45) is -0.172. The third-order valence-electron chi connectivity index (χ3n) is 6.04. The number of rotatable bonds is 5. The van der Waals surface area contributed by atoms with Crippen molar-refractivity contribution in [3.8, 4) is 22.9 Å². The maximum Gasteiger partial charge on any atom is 0.164 e. The molecule has 1 aliphatic rings. The number of anilines is 2. The molecule has 0 aliphatic carbocycles. The van der Waals surface area contributed by atoms with Gasteiger partial charge < -0.3 is 29.6 Å². The summed E-state index contributed by atoms with van der Waals surface area (Å²) in [7, 11) is 1.61. The Morgan fingerprint density at radius 3 is 2.41 bits per heavy atom. The predicted octanol–water partition coefficient (Wildman–Crippen LogP) is 3.36. The van der Waals surface area contributed by atoms with Crippen molar-refractivity contribution in [2.45, 2.75) is 31.5 Å². The highest BCUT2D eigenvalue weighted by Gasteiger charge is 2.42. The van der Waals surface area contributed by atoms with Gasteiger partial charge in [0, 0.05) is 17.4 Å². The maximum atomic E-state index is 10.6. The monoisotopic (exact) mass is 457 g/mol. The molecule has 3 heterocycles. The van der Waals surface area contributed by atoms with Gasteiger partial charge in [-0.1, -0.05) is 12.1 Å². The number of hydrogen-bond donors (Lipinski definition) is 3. The average molecular weight is 457 g/mol. The van der Waals surface area contributed by atoms with Gasteiger partial charge in [0.15, 0.2) is 6.23 Å². The van der Waals surface area contributed by atoms with E-state index in [-0.39, 0.29) is 0 Å². The van der Waals surface area contributed by atoms with Crippen LogP contribution >= 0.6 is 0 Å². The van der Waals surface area contributed by atoms with Crippen LogP contribution in [-0.2, 0) is 4.74 Å². The summed E-state index contributed by atoms with van der Waals surface area (Å²) in [6.45, 7) is 1.72. The molecule has 9 nitrogen and oxygen atoms in total. The normalized spacial score (nSPS) is 22.0. The standard InChI is InChI=1S/C25H23N5O4/c1-14-21(31)22(32)25(34-14)30-12-19(16-5-9-18(33-2)10-6-16)20-23(27-13-28-24(20)30)29-17-7-3-15(11-26)4-8-17/h3-10,12-14,21-22,25,31-32H,1-2H3,(H,27,28,29)/t14-,21-,22-,25-/m1/s1. The lowest BCUT2D eigenvalue weighted by Gasteiger charge is -2.17. The van der Waals surface area contributed by atoms with Crippen molar-refractivity contribution < 1.29 is 19.7 Å². The van der Waals surface area contributed by atoms with Gasteiger partial charge in [-0.2, -0.15) is 5.26 Å². The van der Waals surface area contributed by atoms with Gasteiger partial charge in [-0.3, -0.25) is 0 Å². The topological polar surface area (TPSA) is 125 Å². The van der Waals surface area contributed by atoms with E-state index in [9.17, 15) is 10.2 Å². The molecule has 9 heteroatoms. The quantitative estimate of drug-likeness (QED) is 0.417. The van der Waals surface area contributed by atoms with E-state index in [4.69, 9.17) is 14.7 Å². The largest absolute Gasteiger partial charge is 0.497 e. The lowest BCUT2D eigenvalue weighted by molar-refractivity contribution is -0.0295. The van der Waals surface area contributed by atoms with Crippen LogP contribution in [0.1, 0.15) is 18.7 Å². The lowest BCUT2D eigenvalue weighted by atomic mass is 10.1. The Morgan fingerprint density at radius 2 is 1.79 bits per heavy atom. The van der Waals surface area contributed by atoms with Crippen LogP contribution < -0.4 is 10.1 Å². The van der Waals surface area contributed by atoms with E-state index in [1.807, 2.05) is 30.5 Å². The van der Waals surface area contributed by atoms with E-state index in [0.717, 1.165) is 28.0 Å². The van der Waals surface area contributed by atoms with Gasteiger partial charge in [0.25, 0.3) is 0 Å². The molecule has 2 aromatic heterocycles. The Hall–Kier alpha value is -3.97. The van der Waals surface area contributed by atoms with Crippen molar-refractivity contribution in [2.24, 2.45) is 0 Å². The van der Waals surface area contributed by atoms with Crippen LogP contribution in [0.15, 0.2) is 61.1 Å². The Bertz CT molecular complexity index is 1360. The molecule has 172 valence electrons. The fourth-order valence-corrected chi connectivity index (χ4v) is 4.19. The molecule has 0 unspecified atom stereocenters. The van der Waals surface area contributed by atoms with Crippen molar-refractivity contribution in [2.75, 3.05) is 12.4 Å². The van der Waals surface area contributed by atoms with Crippen LogP contribution in [-0.4, -0.2) is 50.2 Å². The number of nitrogens with zero attached hydrogens (tertiary/aromatic N) is 4. The molecule has 4 aromatic rings. The molecule has 5 rings (SSSR count). The Kier molecular flexibility index (Phi) is 5.63. The smallest absolute Gasteiger partial charge is 0.164 e. The first kappa shape index (κ1) is 21.9. The van der Waals surface area contributed by atoms with Gasteiger partial charge in [-0.25, -0.2) is 9.97 Å². The SMILES string of the molecule is COc1ccc(-c2cn([C@@H]3O[C@H](C)[C@@H](O)[C@H]3O)c3ncnc(Nc4ccc(C#N)cc4)c23)cc1. The van der Waals surface area contributed by atoms with Crippen molar-refractivity contribution in [3.63, 3.8) is 0 Å². The van der Waals surface area contributed by atoms with Crippen LogP contribution in [0.5, 0.6) is 5.75 Å². The summed E-state index contributed by atoms with van der Waals surface area (Å²) in [5.41, 5.74) is 3.57. The summed E-state index contributed by atoms with van der Waals surface area (Å²) >= 11 is 0. The first-order chi connectivity index (χ1) is 16.5. The summed E-state index contributed by atoms with van der Waals surface area (Å²) in [5, 5.41) is 34.0. The summed E-state index contributed by atoms with van der Waals surface area (Å²) in [4.78, 5) is 8.97. The number of hydrogen-bond acceptors (Lipinski definition) is 8. The van der Waals surface area contributed by atoms with E-state index in [1.54, 1.807) is 42.9 Å². The molecule has 2 aromatic carbocycles. The number of fused-ring (bicyclic) bond motifs is 1. The third-order valence-corrected chi connectivity index (χ3v) is 6.04. The van der Waals surface area contributed by atoms with Crippen molar-refractivity contribution in [1.82, 2.24) is 14.5 Å². The second kappa shape index (κ2) is 8.76. The highest BCUT2D eigenvalue weighted by Crippen LogP contribution is 2.40. The third kappa shape index (κ3) is 3.74. The molecule has 1 saturated heterocycles. The summed E-state index contributed by atoms with van der Waals surface area (Å²) in [5.74, 6) is 1.28. The highest BCUT2D eigenvalue weighted by atomic mass is 16.6. The van der Waals surface area contributed by atoms with Gasteiger partial charge in [0.2, 0.25) is 0 Å².